The molecule has 112 valence electrons. The summed E-state index contributed by atoms with van der Waals surface area (Å²) in [6.07, 6.45) is 3.61. The molecule has 0 aliphatic rings. The van der Waals surface area contributed by atoms with Gasteiger partial charge in [0.05, 0.1) is 6.20 Å². The molecule has 1 heterocycles. The molecule has 0 aliphatic heterocycles. The Bertz CT molecular complexity index is 592. The van der Waals surface area contributed by atoms with Gasteiger partial charge in [0.25, 0.3) is 0 Å². The molecule has 21 heavy (non-hydrogen) atoms. The largest absolute Gasteiger partial charge is 0.369 e. The number of aromatic nitrogens is 2. The van der Waals surface area contributed by atoms with Crippen molar-refractivity contribution < 1.29 is 0 Å². The van der Waals surface area contributed by atoms with Crippen LogP contribution in [0.3, 0.4) is 0 Å². The number of hydrogen-bond acceptors (Lipinski definition) is 4. The highest BCUT2D eigenvalue weighted by atomic mass is 79.9. The summed E-state index contributed by atoms with van der Waals surface area (Å²) in [7, 11) is 0. The maximum Gasteiger partial charge on any atom is 0.229 e. The van der Waals surface area contributed by atoms with E-state index in [1.807, 2.05) is 12.1 Å². The van der Waals surface area contributed by atoms with Gasteiger partial charge in [-0.2, -0.15) is 4.98 Å². The molecule has 0 spiro atoms. The van der Waals surface area contributed by atoms with Crippen molar-refractivity contribution in [2.45, 2.75) is 19.8 Å². The van der Waals surface area contributed by atoms with Crippen LogP contribution in [0, 0.1) is 0 Å². The molecule has 0 saturated heterocycles. The second-order valence-corrected chi connectivity index (χ2v) is 5.78. The number of benzene rings is 1. The lowest BCUT2D eigenvalue weighted by atomic mass is 10.1. The van der Waals surface area contributed by atoms with Gasteiger partial charge in [0.1, 0.15) is 10.8 Å². The molecule has 0 atom stereocenters. The maximum absolute atomic E-state index is 6.08. The van der Waals surface area contributed by atoms with E-state index in [1.54, 1.807) is 6.20 Å². The van der Waals surface area contributed by atoms with Gasteiger partial charge in [0.15, 0.2) is 0 Å². The van der Waals surface area contributed by atoms with Crippen LogP contribution in [0.2, 0.25) is 5.02 Å². The molecule has 1 aromatic carbocycles. The van der Waals surface area contributed by atoms with Crippen molar-refractivity contribution >= 4 is 45.0 Å². The van der Waals surface area contributed by atoms with Gasteiger partial charge < -0.3 is 10.6 Å². The lowest BCUT2D eigenvalue weighted by molar-refractivity contribution is 0.966. The third-order valence-corrected chi connectivity index (χ3v) is 3.53. The SMILES string of the molecule is CCCNc1nc(Nc2cccc(CCBr)c2)ncc1Cl. The Morgan fingerprint density at radius 1 is 1.33 bits per heavy atom. The van der Waals surface area contributed by atoms with Crippen LogP contribution in [-0.4, -0.2) is 21.8 Å². The lowest BCUT2D eigenvalue weighted by Gasteiger charge is -2.10. The third kappa shape index (κ3) is 4.86. The van der Waals surface area contributed by atoms with Crippen LogP contribution < -0.4 is 10.6 Å². The number of nitrogens with zero attached hydrogens (tertiary/aromatic N) is 2. The Hall–Kier alpha value is -1.33. The van der Waals surface area contributed by atoms with Gasteiger partial charge in [-0.15, -0.1) is 0 Å². The number of anilines is 3. The van der Waals surface area contributed by atoms with E-state index in [4.69, 9.17) is 11.6 Å². The Labute approximate surface area is 138 Å². The quantitative estimate of drug-likeness (QED) is 0.698. The Morgan fingerprint density at radius 3 is 2.95 bits per heavy atom. The molecule has 1 aromatic heterocycles. The summed E-state index contributed by atoms with van der Waals surface area (Å²) in [6.45, 7) is 2.92. The highest BCUT2D eigenvalue weighted by molar-refractivity contribution is 9.09. The monoisotopic (exact) mass is 368 g/mol. The first-order valence-electron chi connectivity index (χ1n) is 6.91. The summed E-state index contributed by atoms with van der Waals surface area (Å²) in [5, 5.41) is 7.87. The van der Waals surface area contributed by atoms with Crippen molar-refractivity contribution in [3.8, 4) is 0 Å². The summed E-state index contributed by atoms with van der Waals surface area (Å²) < 4.78 is 0. The Morgan fingerprint density at radius 2 is 2.19 bits per heavy atom. The minimum Gasteiger partial charge on any atom is -0.369 e. The van der Waals surface area contributed by atoms with E-state index >= 15 is 0 Å². The highest BCUT2D eigenvalue weighted by Crippen LogP contribution is 2.22. The van der Waals surface area contributed by atoms with Gasteiger partial charge in [-0.3, -0.25) is 0 Å². The smallest absolute Gasteiger partial charge is 0.229 e. The van der Waals surface area contributed by atoms with Crippen LogP contribution >= 0.6 is 27.5 Å². The molecule has 0 fully saturated rings. The van der Waals surface area contributed by atoms with E-state index in [1.165, 1.54) is 5.56 Å². The molecular formula is C15H18BrClN4. The normalized spacial score (nSPS) is 10.4. The molecule has 2 N–H and O–H groups in total. The number of aryl methyl sites for hydroxylation is 1. The Balaban J connectivity index is 2.13. The molecule has 6 heteroatoms. The van der Waals surface area contributed by atoms with Crippen molar-refractivity contribution in [1.29, 1.82) is 0 Å². The van der Waals surface area contributed by atoms with Crippen molar-refractivity contribution in [2.24, 2.45) is 0 Å². The van der Waals surface area contributed by atoms with Crippen LogP contribution in [0.1, 0.15) is 18.9 Å². The van der Waals surface area contributed by atoms with E-state index in [9.17, 15) is 0 Å². The zero-order valence-electron chi connectivity index (χ0n) is 11.9. The van der Waals surface area contributed by atoms with Crippen LogP contribution in [0.4, 0.5) is 17.5 Å². The minimum absolute atomic E-state index is 0.530. The molecule has 2 aromatic rings. The predicted molar refractivity (Wildman–Crippen MR) is 93.0 cm³/mol. The average Bonchev–Trinajstić information content (AvgIpc) is 2.48. The van der Waals surface area contributed by atoms with E-state index in [0.717, 1.165) is 30.4 Å². The molecule has 0 amide bonds. The molecule has 0 radical (unpaired) electrons. The number of alkyl halides is 1. The van der Waals surface area contributed by atoms with Gasteiger partial charge in [-0.25, -0.2) is 4.98 Å². The predicted octanol–water partition coefficient (Wildman–Crippen LogP) is 4.63. The molecule has 4 nitrogen and oxygen atoms in total. The topological polar surface area (TPSA) is 49.8 Å². The summed E-state index contributed by atoms with van der Waals surface area (Å²) in [6, 6.07) is 8.21. The molecule has 0 aliphatic carbocycles. The van der Waals surface area contributed by atoms with Gasteiger partial charge in [-0.05, 0) is 30.5 Å². The van der Waals surface area contributed by atoms with Gasteiger partial charge in [0, 0.05) is 17.6 Å². The van der Waals surface area contributed by atoms with Gasteiger partial charge >= 0.3 is 0 Å². The first-order valence-corrected chi connectivity index (χ1v) is 8.41. The third-order valence-electron chi connectivity index (χ3n) is 2.85. The fourth-order valence-electron chi connectivity index (χ4n) is 1.84. The first kappa shape index (κ1) is 16.0. The van der Waals surface area contributed by atoms with Crippen LogP contribution in [-0.2, 0) is 6.42 Å². The van der Waals surface area contributed by atoms with E-state index in [-0.39, 0.29) is 0 Å². The zero-order valence-corrected chi connectivity index (χ0v) is 14.2. The average molecular weight is 370 g/mol. The van der Waals surface area contributed by atoms with Crippen molar-refractivity contribution in [1.82, 2.24) is 9.97 Å². The summed E-state index contributed by atoms with van der Waals surface area (Å²) in [5.41, 5.74) is 2.23. The standard InChI is InChI=1S/C15H18BrClN4/c1-2-8-18-14-13(17)10-19-15(21-14)20-12-5-3-4-11(9-12)6-7-16/h3-5,9-10H,2,6-8H2,1H3,(H2,18,19,20,21). The zero-order chi connectivity index (χ0) is 15.1. The molecular weight excluding hydrogens is 352 g/mol. The van der Waals surface area contributed by atoms with Crippen molar-refractivity contribution in [3.63, 3.8) is 0 Å². The van der Waals surface area contributed by atoms with E-state index < -0.39 is 0 Å². The number of nitrogens with one attached hydrogen (secondary N) is 2. The summed E-state index contributed by atoms with van der Waals surface area (Å²) >= 11 is 9.53. The van der Waals surface area contributed by atoms with Gasteiger partial charge in [0.2, 0.25) is 5.95 Å². The fraction of sp³-hybridized carbons (Fsp3) is 0.333. The lowest BCUT2D eigenvalue weighted by Crippen LogP contribution is -2.05. The number of halogens is 2. The summed E-state index contributed by atoms with van der Waals surface area (Å²) in [4.78, 5) is 8.62. The van der Waals surface area contributed by atoms with Crippen LogP contribution in [0.15, 0.2) is 30.5 Å². The second kappa shape index (κ2) is 8.20. The first-order chi connectivity index (χ1) is 10.2. The fourth-order valence-corrected chi connectivity index (χ4v) is 2.45. The maximum atomic E-state index is 6.08. The molecule has 0 saturated carbocycles. The van der Waals surface area contributed by atoms with Crippen molar-refractivity contribution in [2.75, 3.05) is 22.5 Å². The minimum atomic E-state index is 0.530. The van der Waals surface area contributed by atoms with E-state index in [0.29, 0.717) is 16.8 Å². The van der Waals surface area contributed by atoms with E-state index in [2.05, 4.69) is 55.6 Å². The van der Waals surface area contributed by atoms with Crippen LogP contribution in [0.25, 0.3) is 0 Å². The Kier molecular flexibility index (Phi) is 6.26. The van der Waals surface area contributed by atoms with Crippen molar-refractivity contribution in [3.05, 3.63) is 41.0 Å². The second-order valence-electron chi connectivity index (χ2n) is 4.58. The van der Waals surface area contributed by atoms with Gasteiger partial charge in [-0.1, -0.05) is 46.6 Å². The summed E-state index contributed by atoms with van der Waals surface area (Å²) in [5.74, 6) is 1.20. The molecule has 0 unspecified atom stereocenters. The number of hydrogen-bond donors (Lipinski definition) is 2. The molecule has 2 rings (SSSR count). The highest BCUT2D eigenvalue weighted by Gasteiger charge is 2.05. The van der Waals surface area contributed by atoms with Crippen LogP contribution in [0.5, 0.6) is 0 Å². The number of rotatable bonds is 7. The molecule has 0 bridgehead atoms.